The first kappa shape index (κ1) is 20.4. The Bertz CT molecular complexity index is 327. The van der Waals surface area contributed by atoms with Crippen molar-refractivity contribution in [2.75, 3.05) is 6.61 Å². The summed E-state index contributed by atoms with van der Waals surface area (Å²) in [5.74, 6) is 1.33. The highest BCUT2D eigenvalue weighted by Gasteiger charge is 2.25. The molecule has 4 heteroatoms. The zero-order valence-electron chi connectivity index (χ0n) is 15.3. The van der Waals surface area contributed by atoms with Crippen LogP contribution < -0.4 is 5.73 Å². The summed E-state index contributed by atoms with van der Waals surface area (Å²) in [6.45, 7) is 6.56. The molecule has 0 radical (unpaired) electrons. The van der Waals surface area contributed by atoms with Gasteiger partial charge in [0.05, 0.1) is 12.7 Å². The van der Waals surface area contributed by atoms with Crippen molar-refractivity contribution in [2.24, 2.45) is 23.5 Å². The van der Waals surface area contributed by atoms with Crippen LogP contribution >= 0.6 is 0 Å². The van der Waals surface area contributed by atoms with E-state index in [9.17, 15) is 9.90 Å². The van der Waals surface area contributed by atoms with Crippen LogP contribution in [0.3, 0.4) is 0 Å². The lowest BCUT2D eigenvalue weighted by Gasteiger charge is -2.30. The number of aliphatic hydroxyl groups excluding tert-OH is 1. The van der Waals surface area contributed by atoms with Gasteiger partial charge in [0.25, 0.3) is 0 Å². The van der Waals surface area contributed by atoms with Crippen LogP contribution in [0.1, 0.15) is 78.6 Å². The molecule has 0 unspecified atom stereocenters. The van der Waals surface area contributed by atoms with E-state index < -0.39 is 6.10 Å². The third-order valence-electron chi connectivity index (χ3n) is 5.35. The summed E-state index contributed by atoms with van der Waals surface area (Å²) in [6, 6.07) is -0.127. The lowest BCUT2D eigenvalue weighted by molar-refractivity contribution is -0.143. The Balaban J connectivity index is 2.36. The average Bonchev–Trinajstić information content (AvgIpc) is 2.54. The summed E-state index contributed by atoms with van der Waals surface area (Å²) in [6.07, 6.45) is 8.91. The fraction of sp³-hybridized carbons (Fsp3) is 0.947. The van der Waals surface area contributed by atoms with Crippen LogP contribution in [-0.2, 0) is 9.53 Å². The number of hydrogen-bond acceptors (Lipinski definition) is 4. The Morgan fingerprint density at radius 1 is 1.26 bits per heavy atom. The molecule has 1 saturated carbocycles. The molecule has 3 N–H and O–H groups in total. The summed E-state index contributed by atoms with van der Waals surface area (Å²) in [5, 5.41) is 10.5. The third-order valence-corrected chi connectivity index (χ3v) is 5.35. The zero-order chi connectivity index (χ0) is 17.2. The number of esters is 1. The highest BCUT2D eigenvalue weighted by molar-refractivity contribution is 5.68. The Kier molecular flexibility index (Phi) is 9.80. The smallest absolute Gasteiger partial charge is 0.305 e. The summed E-state index contributed by atoms with van der Waals surface area (Å²) < 4.78 is 5.18. The molecule has 23 heavy (non-hydrogen) atoms. The van der Waals surface area contributed by atoms with Crippen molar-refractivity contribution >= 4 is 5.97 Å². The van der Waals surface area contributed by atoms with Crippen LogP contribution in [0.4, 0.5) is 0 Å². The molecule has 0 bridgehead atoms. The molecule has 0 aromatic carbocycles. The molecule has 0 spiro atoms. The monoisotopic (exact) mass is 327 g/mol. The first-order valence-electron chi connectivity index (χ1n) is 9.53. The van der Waals surface area contributed by atoms with E-state index in [-0.39, 0.29) is 12.0 Å². The van der Waals surface area contributed by atoms with Gasteiger partial charge in [0.15, 0.2) is 0 Å². The molecular weight excluding hydrogens is 290 g/mol. The number of aliphatic hydroxyl groups is 1. The normalized spacial score (nSPS) is 20.3. The molecule has 1 aliphatic rings. The SMILES string of the molecule is CCC(=O)OCC[C@@H](C[C@H](O)[C@@H](N)CC1CCCCC1)C(C)C. The van der Waals surface area contributed by atoms with E-state index in [1.165, 1.54) is 32.1 Å². The topological polar surface area (TPSA) is 72.5 Å². The van der Waals surface area contributed by atoms with Gasteiger partial charge in [-0.3, -0.25) is 4.79 Å². The largest absolute Gasteiger partial charge is 0.466 e. The van der Waals surface area contributed by atoms with Crippen molar-refractivity contribution in [1.82, 2.24) is 0 Å². The fourth-order valence-electron chi connectivity index (χ4n) is 3.60. The van der Waals surface area contributed by atoms with Gasteiger partial charge in [-0.15, -0.1) is 0 Å². The highest BCUT2D eigenvalue weighted by Crippen LogP contribution is 2.29. The number of carbonyl (C=O) groups excluding carboxylic acids is 1. The van der Waals surface area contributed by atoms with E-state index in [0.29, 0.717) is 37.2 Å². The van der Waals surface area contributed by atoms with Gasteiger partial charge in [-0.2, -0.15) is 0 Å². The van der Waals surface area contributed by atoms with Crippen molar-refractivity contribution in [2.45, 2.75) is 90.7 Å². The quantitative estimate of drug-likeness (QED) is 0.601. The molecule has 136 valence electrons. The standard InChI is InChI=1S/C19H37NO3/c1-4-19(22)23-11-10-16(14(2)3)13-18(21)17(20)12-15-8-6-5-7-9-15/h14-18,21H,4-13,20H2,1-3H3/t16-,17-,18-/m0/s1. The Morgan fingerprint density at radius 3 is 2.48 bits per heavy atom. The number of ether oxygens (including phenoxy) is 1. The minimum Gasteiger partial charge on any atom is -0.466 e. The second-order valence-electron chi connectivity index (χ2n) is 7.57. The van der Waals surface area contributed by atoms with Gasteiger partial charge in [0, 0.05) is 12.5 Å². The number of rotatable bonds is 10. The molecule has 0 aliphatic heterocycles. The number of carbonyl (C=O) groups is 1. The molecular formula is C19H37NO3. The van der Waals surface area contributed by atoms with Crippen LogP contribution in [0.25, 0.3) is 0 Å². The minimum atomic E-state index is -0.453. The maximum atomic E-state index is 11.2. The summed E-state index contributed by atoms with van der Waals surface area (Å²) >= 11 is 0. The predicted octanol–water partition coefficient (Wildman–Crippen LogP) is 3.65. The van der Waals surface area contributed by atoms with E-state index in [1.807, 2.05) is 0 Å². The minimum absolute atomic E-state index is 0.127. The maximum Gasteiger partial charge on any atom is 0.305 e. The van der Waals surface area contributed by atoms with E-state index in [1.54, 1.807) is 6.92 Å². The second kappa shape index (κ2) is 11.0. The van der Waals surface area contributed by atoms with Crippen LogP contribution in [0.2, 0.25) is 0 Å². The maximum absolute atomic E-state index is 11.2. The fourth-order valence-corrected chi connectivity index (χ4v) is 3.60. The second-order valence-corrected chi connectivity index (χ2v) is 7.57. The van der Waals surface area contributed by atoms with Crippen LogP contribution in [-0.4, -0.2) is 29.8 Å². The molecule has 1 fully saturated rings. The molecule has 0 amide bonds. The number of hydrogen-bond donors (Lipinski definition) is 2. The van der Waals surface area contributed by atoms with Gasteiger partial charge in [-0.1, -0.05) is 52.9 Å². The van der Waals surface area contributed by atoms with Crippen LogP contribution in [0, 0.1) is 17.8 Å². The molecule has 4 nitrogen and oxygen atoms in total. The molecule has 0 saturated heterocycles. The molecule has 1 rings (SSSR count). The van der Waals surface area contributed by atoms with Crippen LogP contribution in [0.5, 0.6) is 0 Å². The third kappa shape index (κ3) is 8.16. The number of nitrogens with two attached hydrogens (primary N) is 1. The van der Waals surface area contributed by atoms with E-state index >= 15 is 0 Å². The van der Waals surface area contributed by atoms with E-state index in [0.717, 1.165) is 12.8 Å². The van der Waals surface area contributed by atoms with Crippen molar-refractivity contribution in [3.05, 3.63) is 0 Å². The van der Waals surface area contributed by atoms with E-state index in [2.05, 4.69) is 13.8 Å². The summed E-state index contributed by atoms with van der Waals surface area (Å²) in [5.41, 5.74) is 6.26. The van der Waals surface area contributed by atoms with Crippen molar-refractivity contribution in [3.63, 3.8) is 0 Å². The molecule has 1 aliphatic carbocycles. The van der Waals surface area contributed by atoms with Gasteiger partial charge >= 0.3 is 5.97 Å². The Hall–Kier alpha value is -0.610. The van der Waals surface area contributed by atoms with Gasteiger partial charge < -0.3 is 15.6 Å². The van der Waals surface area contributed by atoms with Gasteiger partial charge in [0.1, 0.15) is 0 Å². The van der Waals surface area contributed by atoms with Gasteiger partial charge in [-0.25, -0.2) is 0 Å². The van der Waals surface area contributed by atoms with Crippen LogP contribution in [0.15, 0.2) is 0 Å². The average molecular weight is 328 g/mol. The zero-order valence-corrected chi connectivity index (χ0v) is 15.3. The molecule has 0 aromatic heterocycles. The first-order valence-corrected chi connectivity index (χ1v) is 9.53. The van der Waals surface area contributed by atoms with Crippen molar-refractivity contribution in [1.29, 1.82) is 0 Å². The van der Waals surface area contributed by atoms with Gasteiger partial charge in [-0.05, 0) is 37.0 Å². The van der Waals surface area contributed by atoms with Crippen molar-refractivity contribution < 1.29 is 14.6 Å². The molecule has 3 atom stereocenters. The first-order chi connectivity index (χ1) is 10.9. The Labute approximate surface area is 142 Å². The predicted molar refractivity (Wildman–Crippen MR) is 94.0 cm³/mol. The summed E-state index contributed by atoms with van der Waals surface area (Å²) in [7, 11) is 0. The lowest BCUT2D eigenvalue weighted by atomic mass is 9.81. The van der Waals surface area contributed by atoms with Gasteiger partial charge in [0.2, 0.25) is 0 Å². The van der Waals surface area contributed by atoms with E-state index in [4.69, 9.17) is 10.5 Å². The Morgan fingerprint density at radius 2 is 1.91 bits per heavy atom. The van der Waals surface area contributed by atoms with Crippen molar-refractivity contribution in [3.8, 4) is 0 Å². The highest BCUT2D eigenvalue weighted by atomic mass is 16.5. The lowest BCUT2D eigenvalue weighted by Crippen LogP contribution is -2.38. The molecule has 0 heterocycles. The summed E-state index contributed by atoms with van der Waals surface area (Å²) in [4.78, 5) is 11.2. The molecule has 0 aromatic rings.